The van der Waals surface area contributed by atoms with Gasteiger partial charge >= 0.3 is 0 Å². The van der Waals surface area contributed by atoms with Crippen LogP contribution in [0.5, 0.6) is 0 Å². The van der Waals surface area contributed by atoms with Gasteiger partial charge in [-0.2, -0.15) is 0 Å². The van der Waals surface area contributed by atoms with Crippen LogP contribution in [0.15, 0.2) is 36.7 Å². The fourth-order valence-electron chi connectivity index (χ4n) is 2.63. The number of pyridine rings is 1. The maximum atomic E-state index is 3.06. The first-order valence-electron chi connectivity index (χ1n) is 6.17. The van der Waals surface area contributed by atoms with Crippen molar-refractivity contribution in [2.45, 2.75) is 33.6 Å². The molecule has 1 aromatic heterocycles. The number of hydrogen-bond acceptors (Lipinski definition) is 0. The van der Waals surface area contributed by atoms with Crippen LogP contribution in [0.2, 0.25) is 0 Å². The molecule has 0 bridgehead atoms. The summed E-state index contributed by atoms with van der Waals surface area (Å²) in [7, 11) is 0. The number of hydrogen-bond donors (Lipinski definition) is 0. The zero-order valence-electron chi connectivity index (χ0n) is 11.0. The Hall–Kier alpha value is -1.63. The first-order valence-corrected chi connectivity index (χ1v) is 6.17. The van der Waals surface area contributed by atoms with Crippen LogP contribution >= 0.6 is 0 Å². The largest absolute Gasteiger partial charge is 0.218 e. The summed E-state index contributed by atoms with van der Waals surface area (Å²) in [6.45, 7) is 8.93. The highest BCUT2D eigenvalue weighted by Crippen LogP contribution is 2.28. The van der Waals surface area contributed by atoms with Gasteiger partial charge in [0.05, 0.1) is 0 Å². The van der Waals surface area contributed by atoms with Gasteiger partial charge in [0.25, 0.3) is 0 Å². The number of aromatic amines is 1. The molecule has 0 saturated carbocycles. The molecular formula is C16H20N+. The molecule has 0 saturated heterocycles. The molecule has 0 unspecified atom stereocenters. The molecule has 1 nitrogen and oxygen atoms in total. The van der Waals surface area contributed by atoms with Gasteiger partial charge in [-0.3, -0.25) is 0 Å². The van der Waals surface area contributed by atoms with Crippen molar-refractivity contribution in [1.29, 1.82) is 0 Å². The van der Waals surface area contributed by atoms with E-state index in [2.05, 4.69) is 56.9 Å². The molecule has 0 aliphatic rings. The van der Waals surface area contributed by atoms with E-state index in [1.807, 2.05) is 12.4 Å². The van der Waals surface area contributed by atoms with Gasteiger partial charge in [-0.05, 0) is 47.6 Å². The molecule has 2 aromatic rings. The normalized spacial score (nSPS) is 10.9. The van der Waals surface area contributed by atoms with Crippen molar-refractivity contribution in [1.82, 2.24) is 0 Å². The van der Waals surface area contributed by atoms with Gasteiger partial charge < -0.3 is 0 Å². The topological polar surface area (TPSA) is 14.1 Å². The number of rotatable bonds is 2. The molecule has 0 atom stereocenters. The van der Waals surface area contributed by atoms with Crippen LogP contribution in [0.1, 0.15) is 36.5 Å². The van der Waals surface area contributed by atoms with Crippen LogP contribution < -0.4 is 4.98 Å². The monoisotopic (exact) mass is 226 g/mol. The molecule has 17 heavy (non-hydrogen) atoms. The highest BCUT2D eigenvalue weighted by Gasteiger charge is 2.09. The number of aromatic nitrogens is 1. The third-order valence-corrected chi connectivity index (χ3v) is 3.22. The summed E-state index contributed by atoms with van der Waals surface area (Å²) in [5.74, 6) is 0.591. The Bertz CT molecular complexity index is 489. The van der Waals surface area contributed by atoms with E-state index in [0.717, 1.165) is 0 Å². The van der Waals surface area contributed by atoms with Crippen molar-refractivity contribution in [3.8, 4) is 11.1 Å². The second kappa shape index (κ2) is 4.70. The standard InChI is InChI=1S/C16H19N/c1-11(2)16-12(3)9-15(10-13(16)4)14-5-7-17-8-6-14/h5-11H,1-4H3/p+1. The molecule has 0 spiro atoms. The van der Waals surface area contributed by atoms with Gasteiger partial charge in [0.15, 0.2) is 12.4 Å². The summed E-state index contributed by atoms with van der Waals surface area (Å²) in [4.78, 5) is 3.06. The SMILES string of the molecule is Cc1cc(-c2cc[nH+]cc2)cc(C)c1C(C)C. The van der Waals surface area contributed by atoms with Crippen LogP contribution in [0.4, 0.5) is 0 Å². The van der Waals surface area contributed by atoms with Gasteiger partial charge in [0.1, 0.15) is 0 Å². The van der Waals surface area contributed by atoms with Gasteiger partial charge in [0.2, 0.25) is 0 Å². The molecule has 1 aromatic carbocycles. The fraction of sp³-hybridized carbons (Fsp3) is 0.312. The average Bonchev–Trinajstić information content (AvgIpc) is 2.28. The van der Waals surface area contributed by atoms with E-state index < -0.39 is 0 Å². The summed E-state index contributed by atoms with van der Waals surface area (Å²) in [5, 5.41) is 0. The molecule has 2 rings (SSSR count). The molecular weight excluding hydrogens is 206 g/mol. The smallest absolute Gasteiger partial charge is 0.167 e. The van der Waals surface area contributed by atoms with Crippen molar-refractivity contribution in [2.75, 3.05) is 0 Å². The summed E-state index contributed by atoms with van der Waals surface area (Å²) in [5.41, 5.74) is 6.84. The van der Waals surface area contributed by atoms with E-state index in [0.29, 0.717) is 5.92 Å². The molecule has 0 aliphatic carbocycles. The Kier molecular flexibility index (Phi) is 3.28. The predicted molar refractivity (Wildman–Crippen MR) is 72.0 cm³/mol. The third-order valence-electron chi connectivity index (χ3n) is 3.22. The molecule has 1 heterocycles. The van der Waals surface area contributed by atoms with E-state index in [4.69, 9.17) is 0 Å². The van der Waals surface area contributed by atoms with E-state index in [9.17, 15) is 0 Å². The zero-order chi connectivity index (χ0) is 12.4. The molecule has 0 fully saturated rings. The van der Waals surface area contributed by atoms with E-state index in [1.165, 1.54) is 27.8 Å². The number of benzene rings is 1. The quantitative estimate of drug-likeness (QED) is 0.737. The first kappa shape index (κ1) is 11.8. The van der Waals surface area contributed by atoms with Crippen LogP contribution in [0, 0.1) is 13.8 Å². The van der Waals surface area contributed by atoms with Gasteiger partial charge in [0, 0.05) is 12.1 Å². The molecule has 0 amide bonds. The Morgan fingerprint density at radius 2 is 1.41 bits per heavy atom. The molecule has 0 radical (unpaired) electrons. The molecule has 88 valence electrons. The maximum absolute atomic E-state index is 3.06. The summed E-state index contributed by atoms with van der Waals surface area (Å²) in [6, 6.07) is 8.81. The minimum absolute atomic E-state index is 0.591. The fourth-order valence-corrected chi connectivity index (χ4v) is 2.63. The number of H-pyrrole nitrogens is 1. The van der Waals surface area contributed by atoms with Crippen LogP contribution in [0.25, 0.3) is 11.1 Å². The van der Waals surface area contributed by atoms with Crippen molar-refractivity contribution >= 4 is 0 Å². The first-order chi connectivity index (χ1) is 8.09. The van der Waals surface area contributed by atoms with E-state index >= 15 is 0 Å². The van der Waals surface area contributed by atoms with Crippen LogP contribution in [-0.4, -0.2) is 0 Å². The Morgan fingerprint density at radius 1 is 0.882 bits per heavy atom. The van der Waals surface area contributed by atoms with Crippen molar-refractivity contribution < 1.29 is 4.98 Å². The Morgan fingerprint density at radius 3 is 1.88 bits per heavy atom. The Labute approximate surface area is 104 Å². The zero-order valence-corrected chi connectivity index (χ0v) is 11.0. The molecule has 0 aliphatic heterocycles. The van der Waals surface area contributed by atoms with Gasteiger partial charge in [-0.1, -0.05) is 26.0 Å². The summed E-state index contributed by atoms with van der Waals surface area (Å²) >= 11 is 0. The Balaban J connectivity index is 2.53. The average molecular weight is 226 g/mol. The van der Waals surface area contributed by atoms with Crippen LogP contribution in [-0.2, 0) is 0 Å². The number of aryl methyl sites for hydroxylation is 2. The number of nitrogens with one attached hydrogen (secondary N) is 1. The van der Waals surface area contributed by atoms with Crippen molar-refractivity contribution in [3.63, 3.8) is 0 Å². The summed E-state index contributed by atoms with van der Waals surface area (Å²) in [6.07, 6.45) is 3.94. The lowest BCUT2D eigenvalue weighted by atomic mass is 9.90. The highest BCUT2D eigenvalue weighted by atomic mass is 14.6. The van der Waals surface area contributed by atoms with Gasteiger partial charge in [-0.15, -0.1) is 0 Å². The minimum Gasteiger partial charge on any atom is -0.218 e. The van der Waals surface area contributed by atoms with Crippen molar-refractivity contribution in [3.05, 3.63) is 53.3 Å². The predicted octanol–water partition coefficient (Wildman–Crippen LogP) is 3.91. The lowest BCUT2D eigenvalue weighted by Gasteiger charge is -2.15. The van der Waals surface area contributed by atoms with E-state index in [-0.39, 0.29) is 0 Å². The second-order valence-corrected chi connectivity index (χ2v) is 4.97. The minimum atomic E-state index is 0.591. The van der Waals surface area contributed by atoms with Crippen molar-refractivity contribution in [2.24, 2.45) is 0 Å². The second-order valence-electron chi connectivity index (χ2n) is 4.97. The highest BCUT2D eigenvalue weighted by molar-refractivity contribution is 5.65. The maximum Gasteiger partial charge on any atom is 0.167 e. The van der Waals surface area contributed by atoms with E-state index in [1.54, 1.807) is 0 Å². The third kappa shape index (κ3) is 2.38. The molecule has 1 N–H and O–H groups in total. The lowest BCUT2D eigenvalue weighted by molar-refractivity contribution is -0.377. The summed E-state index contributed by atoms with van der Waals surface area (Å²) < 4.78 is 0. The van der Waals surface area contributed by atoms with Gasteiger partial charge in [-0.25, -0.2) is 4.98 Å². The van der Waals surface area contributed by atoms with Crippen LogP contribution in [0.3, 0.4) is 0 Å². The molecule has 1 heteroatoms. The lowest BCUT2D eigenvalue weighted by Crippen LogP contribution is -1.99.